The average Bonchev–Trinajstić information content (AvgIpc) is 2.53. The summed E-state index contributed by atoms with van der Waals surface area (Å²) in [6.07, 6.45) is 3.99. The second-order valence-corrected chi connectivity index (χ2v) is 6.17. The first-order valence-electron chi connectivity index (χ1n) is 4.79. The van der Waals surface area contributed by atoms with Crippen molar-refractivity contribution in [3.63, 3.8) is 0 Å². The van der Waals surface area contributed by atoms with Gasteiger partial charge >= 0.3 is 0 Å². The van der Waals surface area contributed by atoms with E-state index in [1.807, 2.05) is 11.3 Å². The van der Waals surface area contributed by atoms with Gasteiger partial charge in [0.15, 0.2) is 0 Å². The molecule has 1 aromatic rings. The molecular weight excluding hydrogens is 246 g/mol. The zero-order chi connectivity index (χ0) is 9.10. The maximum absolute atomic E-state index is 3.50. The molecule has 3 heteroatoms. The van der Waals surface area contributed by atoms with Crippen LogP contribution < -0.4 is 5.32 Å². The Labute approximate surface area is 91.7 Å². The van der Waals surface area contributed by atoms with Crippen molar-refractivity contribution in [1.29, 1.82) is 0 Å². The van der Waals surface area contributed by atoms with Crippen molar-refractivity contribution in [3.8, 4) is 0 Å². The highest BCUT2D eigenvalue weighted by atomic mass is 79.9. The number of rotatable bonds is 2. The van der Waals surface area contributed by atoms with Crippen molar-refractivity contribution in [1.82, 2.24) is 5.32 Å². The summed E-state index contributed by atoms with van der Waals surface area (Å²) in [5.74, 6) is 0.860. The third kappa shape index (κ3) is 2.79. The molecule has 1 aliphatic rings. The normalized spacial score (nSPS) is 23.3. The van der Waals surface area contributed by atoms with Crippen LogP contribution in [0.2, 0.25) is 0 Å². The Hall–Kier alpha value is 0.140. The predicted molar refractivity (Wildman–Crippen MR) is 61.3 cm³/mol. The van der Waals surface area contributed by atoms with Crippen LogP contribution in [0.25, 0.3) is 0 Å². The maximum Gasteiger partial charge on any atom is 0.0701 e. The van der Waals surface area contributed by atoms with Gasteiger partial charge in [-0.05, 0) is 66.3 Å². The predicted octanol–water partition coefficient (Wildman–Crippen LogP) is 3.05. The van der Waals surface area contributed by atoms with Gasteiger partial charge in [-0.25, -0.2) is 0 Å². The van der Waals surface area contributed by atoms with Gasteiger partial charge < -0.3 is 5.32 Å². The van der Waals surface area contributed by atoms with E-state index in [9.17, 15) is 0 Å². The van der Waals surface area contributed by atoms with Crippen LogP contribution in [0.5, 0.6) is 0 Å². The van der Waals surface area contributed by atoms with Crippen LogP contribution in [-0.4, -0.2) is 13.1 Å². The molecule has 72 valence electrons. The van der Waals surface area contributed by atoms with Gasteiger partial charge in [0, 0.05) is 4.88 Å². The van der Waals surface area contributed by atoms with Crippen LogP contribution in [0.1, 0.15) is 17.7 Å². The fourth-order valence-electron chi connectivity index (χ4n) is 1.84. The summed E-state index contributed by atoms with van der Waals surface area (Å²) in [5.41, 5.74) is 0. The number of hydrogen-bond donors (Lipinski definition) is 1. The molecular formula is C10H14BrNS. The minimum Gasteiger partial charge on any atom is -0.316 e. The van der Waals surface area contributed by atoms with E-state index in [1.54, 1.807) is 0 Å². The minimum absolute atomic E-state index is 0.860. The number of halogens is 1. The highest BCUT2D eigenvalue weighted by Crippen LogP contribution is 2.26. The van der Waals surface area contributed by atoms with Crippen LogP contribution in [0, 0.1) is 5.92 Å². The van der Waals surface area contributed by atoms with Crippen LogP contribution in [-0.2, 0) is 6.42 Å². The molecule has 1 nitrogen and oxygen atoms in total. The zero-order valence-electron chi connectivity index (χ0n) is 7.55. The van der Waals surface area contributed by atoms with Crippen LogP contribution >= 0.6 is 27.3 Å². The van der Waals surface area contributed by atoms with E-state index in [1.165, 1.54) is 41.0 Å². The van der Waals surface area contributed by atoms with Crippen molar-refractivity contribution in [2.45, 2.75) is 19.3 Å². The number of piperidine rings is 1. The zero-order valence-corrected chi connectivity index (χ0v) is 9.96. The van der Waals surface area contributed by atoms with Gasteiger partial charge in [0.05, 0.1) is 3.79 Å². The molecule has 0 spiro atoms. The second-order valence-electron chi connectivity index (χ2n) is 3.62. The van der Waals surface area contributed by atoms with Gasteiger partial charge in [0.25, 0.3) is 0 Å². The first kappa shape index (κ1) is 9.69. The highest BCUT2D eigenvalue weighted by molar-refractivity contribution is 9.11. The van der Waals surface area contributed by atoms with E-state index in [-0.39, 0.29) is 0 Å². The molecule has 0 aliphatic carbocycles. The lowest BCUT2D eigenvalue weighted by Crippen LogP contribution is -2.30. The van der Waals surface area contributed by atoms with Gasteiger partial charge in [-0.2, -0.15) is 0 Å². The molecule has 1 atom stereocenters. The van der Waals surface area contributed by atoms with Crippen molar-refractivity contribution in [3.05, 3.63) is 20.8 Å². The first-order valence-corrected chi connectivity index (χ1v) is 6.40. The van der Waals surface area contributed by atoms with Gasteiger partial charge in [-0.3, -0.25) is 0 Å². The molecule has 1 fully saturated rings. The molecule has 0 saturated carbocycles. The fourth-order valence-corrected chi connectivity index (χ4v) is 3.44. The van der Waals surface area contributed by atoms with E-state index < -0.39 is 0 Å². The summed E-state index contributed by atoms with van der Waals surface area (Å²) < 4.78 is 1.26. The molecule has 1 aliphatic heterocycles. The summed E-state index contributed by atoms with van der Waals surface area (Å²) in [6.45, 7) is 2.42. The lowest BCUT2D eigenvalue weighted by Gasteiger charge is -2.21. The van der Waals surface area contributed by atoms with Gasteiger partial charge in [-0.15, -0.1) is 11.3 Å². The Bertz CT molecular complexity index is 266. The summed E-state index contributed by atoms with van der Waals surface area (Å²) in [5, 5.41) is 3.45. The topological polar surface area (TPSA) is 12.0 Å². The summed E-state index contributed by atoms with van der Waals surface area (Å²) in [6, 6.07) is 4.39. The van der Waals surface area contributed by atoms with Crippen molar-refractivity contribution >= 4 is 27.3 Å². The summed E-state index contributed by atoms with van der Waals surface area (Å²) in [4.78, 5) is 1.51. The van der Waals surface area contributed by atoms with Crippen LogP contribution in [0.15, 0.2) is 15.9 Å². The average molecular weight is 260 g/mol. The number of hydrogen-bond acceptors (Lipinski definition) is 2. The van der Waals surface area contributed by atoms with E-state index >= 15 is 0 Å². The molecule has 1 aromatic heterocycles. The van der Waals surface area contributed by atoms with Gasteiger partial charge in [-0.1, -0.05) is 0 Å². The molecule has 2 heterocycles. The standard InChI is InChI=1S/C10H14BrNS/c11-10-4-3-9(13-10)6-8-2-1-5-12-7-8/h3-4,8,12H,1-2,5-7H2/t8-/m0/s1. The second kappa shape index (κ2) is 4.58. The van der Waals surface area contributed by atoms with E-state index in [4.69, 9.17) is 0 Å². The monoisotopic (exact) mass is 259 g/mol. The van der Waals surface area contributed by atoms with Crippen LogP contribution in [0.3, 0.4) is 0 Å². The van der Waals surface area contributed by atoms with Crippen LogP contribution in [0.4, 0.5) is 0 Å². The molecule has 1 saturated heterocycles. The molecule has 0 unspecified atom stereocenters. The molecule has 13 heavy (non-hydrogen) atoms. The smallest absolute Gasteiger partial charge is 0.0701 e. The fraction of sp³-hybridized carbons (Fsp3) is 0.600. The molecule has 0 amide bonds. The Morgan fingerprint density at radius 1 is 1.54 bits per heavy atom. The molecule has 0 aromatic carbocycles. The van der Waals surface area contributed by atoms with Gasteiger partial charge in [0.1, 0.15) is 0 Å². The molecule has 0 radical (unpaired) electrons. The van der Waals surface area contributed by atoms with Gasteiger partial charge in [0.2, 0.25) is 0 Å². The minimum atomic E-state index is 0.860. The van der Waals surface area contributed by atoms with Crippen molar-refractivity contribution in [2.24, 2.45) is 5.92 Å². The third-order valence-electron chi connectivity index (χ3n) is 2.52. The Morgan fingerprint density at radius 2 is 2.46 bits per heavy atom. The lowest BCUT2D eigenvalue weighted by molar-refractivity contribution is 0.378. The highest BCUT2D eigenvalue weighted by Gasteiger charge is 2.13. The third-order valence-corrected chi connectivity index (χ3v) is 4.16. The summed E-state index contributed by atoms with van der Waals surface area (Å²) in [7, 11) is 0. The Kier molecular flexibility index (Phi) is 3.41. The van der Waals surface area contributed by atoms with E-state index in [2.05, 4.69) is 33.4 Å². The largest absolute Gasteiger partial charge is 0.316 e. The van der Waals surface area contributed by atoms with Crippen molar-refractivity contribution < 1.29 is 0 Å². The summed E-state index contributed by atoms with van der Waals surface area (Å²) >= 11 is 5.37. The maximum atomic E-state index is 3.50. The SMILES string of the molecule is Brc1ccc(C[C@@H]2CCCNC2)s1. The molecule has 2 rings (SSSR count). The number of nitrogens with one attached hydrogen (secondary N) is 1. The van der Waals surface area contributed by atoms with Crippen molar-refractivity contribution in [2.75, 3.05) is 13.1 Å². The Balaban J connectivity index is 1.89. The molecule has 0 bridgehead atoms. The molecule has 1 N–H and O–H groups in total. The van der Waals surface area contributed by atoms with E-state index in [0.717, 1.165) is 5.92 Å². The number of thiophene rings is 1. The Morgan fingerprint density at radius 3 is 3.08 bits per heavy atom. The first-order chi connectivity index (χ1) is 6.34. The quantitative estimate of drug-likeness (QED) is 0.861. The van der Waals surface area contributed by atoms with E-state index in [0.29, 0.717) is 0 Å². The lowest BCUT2D eigenvalue weighted by atomic mass is 9.96.